The summed E-state index contributed by atoms with van der Waals surface area (Å²) in [5, 5.41) is 2.85. The zero-order chi connectivity index (χ0) is 14.2. The number of alkyl halides is 1. The maximum Gasteiger partial charge on any atom is 0.221 e. The molecule has 5 heteroatoms. The largest absolute Gasteiger partial charge is 0.379 e. The predicted octanol–water partition coefficient (Wildman–Crippen LogP) is 1.76. The van der Waals surface area contributed by atoms with Crippen molar-refractivity contribution in [2.45, 2.75) is 19.5 Å². The summed E-state index contributed by atoms with van der Waals surface area (Å²) in [7, 11) is 0. The van der Waals surface area contributed by atoms with Gasteiger partial charge in [-0.1, -0.05) is 24.3 Å². The number of nitrogens with one attached hydrogen (secondary N) is 1. The Morgan fingerprint density at radius 2 is 1.85 bits per heavy atom. The van der Waals surface area contributed by atoms with Crippen LogP contribution in [0.25, 0.3) is 0 Å². The first-order valence-electron chi connectivity index (χ1n) is 6.98. The second kappa shape index (κ2) is 8.25. The molecule has 1 aromatic rings. The molecule has 0 spiro atoms. The Balaban J connectivity index is 1.78. The molecule has 2 rings (SSSR count). The van der Waals surface area contributed by atoms with Gasteiger partial charge in [-0.2, -0.15) is 0 Å². The van der Waals surface area contributed by atoms with Crippen LogP contribution in [0.2, 0.25) is 0 Å². The summed E-state index contributed by atoms with van der Waals surface area (Å²) in [4.78, 5) is 13.7. The third kappa shape index (κ3) is 5.12. The summed E-state index contributed by atoms with van der Waals surface area (Å²) < 4.78 is 5.34. The zero-order valence-electron chi connectivity index (χ0n) is 11.6. The number of ether oxygens (including phenoxy) is 1. The first-order valence-corrected chi connectivity index (χ1v) is 7.52. The van der Waals surface area contributed by atoms with E-state index in [2.05, 4.69) is 34.5 Å². The smallest absolute Gasteiger partial charge is 0.221 e. The SMILES string of the molecule is O=C(CCCl)NCc1ccc(CN2CCOCC2)cc1. The van der Waals surface area contributed by atoms with Crippen LogP contribution in [0.5, 0.6) is 0 Å². The van der Waals surface area contributed by atoms with Crippen molar-refractivity contribution >= 4 is 17.5 Å². The van der Waals surface area contributed by atoms with Crippen molar-refractivity contribution in [1.29, 1.82) is 0 Å². The van der Waals surface area contributed by atoms with Crippen LogP contribution in [-0.4, -0.2) is 43.0 Å². The highest BCUT2D eigenvalue weighted by Crippen LogP contribution is 2.09. The number of benzene rings is 1. The first kappa shape index (κ1) is 15.3. The molecule has 1 aromatic carbocycles. The van der Waals surface area contributed by atoms with E-state index in [-0.39, 0.29) is 5.91 Å². The molecule has 20 heavy (non-hydrogen) atoms. The number of nitrogens with zero attached hydrogens (tertiary/aromatic N) is 1. The summed E-state index contributed by atoms with van der Waals surface area (Å²) >= 11 is 5.52. The monoisotopic (exact) mass is 296 g/mol. The van der Waals surface area contributed by atoms with E-state index >= 15 is 0 Å². The van der Waals surface area contributed by atoms with E-state index in [1.807, 2.05) is 0 Å². The fraction of sp³-hybridized carbons (Fsp3) is 0.533. The number of hydrogen-bond donors (Lipinski definition) is 1. The highest BCUT2D eigenvalue weighted by molar-refractivity contribution is 6.18. The zero-order valence-corrected chi connectivity index (χ0v) is 12.4. The summed E-state index contributed by atoms with van der Waals surface area (Å²) in [6.45, 7) is 5.16. The summed E-state index contributed by atoms with van der Waals surface area (Å²) in [5.41, 5.74) is 2.40. The Kier molecular flexibility index (Phi) is 6.30. The van der Waals surface area contributed by atoms with Crippen LogP contribution in [0.15, 0.2) is 24.3 Å². The summed E-state index contributed by atoms with van der Waals surface area (Å²) in [6, 6.07) is 8.38. The van der Waals surface area contributed by atoms with Crippen molar-refractivity contribution in [3.63, 3.8) is 0 Å². The number of rotatable bonds is 6. The predicted molar refractivity (Wildman–Crippen MR) is 79.7 cm³/mol. The van der Waals surface area contributed by atoms with Gasteiger partial charge < -0.3 is 10.1 Å². The topological polar surface area (TPSA) is 41.6 Å². The second-order valence-corrected chi connectivity index (χ2v) is 5.30. The second-order valence-electron chi connectivity index (χ2n) is 4.92. The first-order chi connectivity index (χ1) is 9.78. The molecule has 0 saturated carbocycles. The Morgan fingerprint density at radius 1 is 1.20 bits per heavy atom. The van der Waals surface area contributed by atoms with Crippen LogP contribution < -0.4 is 5.32 Å². The van der Waals surface area contributed by atoms with Gasteiger partial charge in [0.05, 0.1) is 13.2 Å². The molecule has 4 nitrogen and oxygen atoms in total. The van der Waals surface area contributed by atoms with Gasteiger partial charge in [-0.25, -0.2) is 0 Å². The van der Waals surface area contributed by atoms with E-state index in [9.17, 15) is 4.79 Å². The Bertz CT molecular complexity index is 416. The van der Waals surface area contributed by atoms with Crippen molar-refractivity contribution in [1.82, 2.24) is 10.2 Å². The minimum Gasteiger partial charge on any atom is -0.379 e. The van der Waals surface area contributed by atoms with Gasteiger partial charge in [0, 0.05) is 38.5 Å². The fourth-order valence-electron chi connectivity index (χ4n) is 2.15. The van der Waals surface area contributed by atoms with Crippen LogP contribution >= 0.6 is 11.6 Å². The number of amides is 1. The van der Waals surface area contributed by atoms with E-state index in [0.29, 0.717) is 18.8 Å². The minimum absolute atomic E-state index is 0.00241. The molecule has 1 fully saturated rings. The molecule has 0 radical (unpaired) electrons. The van der Waals surface area contributed by atoms with Crippen molar-refractivity contribution in [2.24, 2.45) is 0 Å². The molecule has 0 aromatic heterocycles. The molecule has 1 amide bonds. The Morgan fingerprint density at radius 3 is 2.50 bits per heavy atom. The molecule has 1 N–H and O–H groups in total. The quantitative estimate of drug-likeness (QED) is 0.814. The van der Waals surface area contributed by atoms with E-state index in [1.54, 1.807) is 0 Å². The van der Waals surface area contributed by atoms with Gasteiger partial charge in [-0.05, 0) is 11.1 Å². The van der Waals surface area contributed by atoms with Gasteiger partial charge in [-0.15, -0.1) is 11.6 Å². The van der Waals surface area contributed by atoms with E-state index in [1.165, 1.54) is 5.56 Å². The average molecular weight is 297 g/mol. The van der Waals surface area contributed by atoms with Gasteiger partial charge in [0.15, 0.2) is 0 Å². The Labute approximate surface area is 125 Å². The van der Waals surface area contributed by atoms with E-state index in [4.69, 9.17) is 16.3 Å². The highest BCUT2D eigenvalue weighted by Gasteiger charge is 2.10. The fourth-order valence-corrected chi connectivity index (χ4v) is 2.33. The van der Waals surface area contributed by atoms with Crippen LogP contribution in [-0.2, 0) is 22.6 Å². The lowest BCUT2D eigenvalue weighted by atomic mass is 10.1. The van der Waals surface area contributed by atoms with Crippen LogP contribution in [0, 0.1) is 0 Å². The molecule has 0 aliphatic carbocycles. The summed E-state index contributed by atoms with van der Waals surface area (Å²) in [5.74, 6) is 0.363. The summed E-state index contributed by atoms with van der Waals surface area (Å²) in [6.07, 6.45) is 0.372. The van der Waals surface area contributed by atoms with Crippen molar-refractivity contribution in [3.05, 3.63) is 35.4 Å². The Hall–Kier alpha value is -1.10. The van der Waals surface area contributed by atoms with Gasteiger partial charge >= 0.3 is 0 Å². The van der Waals surface area contributed by atoms with Gasteiger partial charge in [0.25, 0.3) is 0 Å². The van der Waals surface area contributed by atoms with Crippen LogP contribution in [0.1, 0.15) is 17.5 Å². The third-order valence-corrected chi connectivity index (χ3v) is 3.53. The lowest BCUT2D eigenvalue weighted by Gasteiger charge is -2.26. The number of hydrogen-bond acceptors (Lipinski definition) is 3. The van der Waals surface area contributed by atoms with Crippen molar-refractivity contribution in [3.8, 4) is 0 Å². The molecule has 1 heterocycles. The van der Waals surface area contributed by atoms with E-state index < -0.39 is 0 Å². The number of morpholine rings is 1. The van der Waals surface area contributed by atoms with Crippen LogP contribution in [0.3, 0.4) is 0 Å². The van der Waals surface area contributed by atoms with Crippen LogP contribution in [0.4, 0.5) is 0 Å². The standard InChI is InChI=1S/C15H21ClN2O2/c16-6-5-15(19)17-11-13-1-3-14(4-2-13)12-18-7-9-20-10-8-18/h1-4H,5-12H2,(H,17,19). The molecule has 0 atom stereocenters. The lowest BCUT2D eigenvalue weighted by Crippen LogP contribution is -2.35. The molecule has 0 unspecified atom stereocenters. The maximum atomic E-state index is 11.3. The van der Waals surface area contributed by atoms with Crippen molar-refractivity contribution in [2.75, 3.05) is 32.2 Å². The highest BCUT2D eigenvalue weighted by atomic mass is 35.5. The van der Waals surface area contributed by atoms with E-state index in [0.717, 1.165) is 38.4 Å². The average Bonchev–Trinajstić information content (AvgIpc) is 2.48. The number of halogens is 1. The maximum absolute atomic E-state index is 11.3. The molecule has 1 aliphatic rings. The van der Waals surface area contributed by atoms with Gasteiger partial charge in [-0.3, -0.25) is 9.69 Å². The minimum atomic E-state index is -0.00241. The molecule has 110 valence electrons. The molecule has 1 aliphatic heterocycles. The number of carbonyl (C=O) groups excluding carboxylic acids is 1. The molecule has 0 bridgehead atoms. The van der Waals surface area contributed by atoms with Gasteiger partial charge in [0.2, 0.25) is 5.91 Å². The van der Waals surface area contributed by atoms with Crippen molar-refractivity contribution < 1.29 is 9.53 Å². The van der Waals surface area contributed by atoms with Gasteiger partial charge in [0.1, 0.15) is 0 Å². The molecular formula is C15H21ClN2O2. The third-order valence-electron chi connectivity index (χ3n) is 3.34. The lowest BCUT2D eigenvalue weighted by molar-refractivity contribution is -0.120. The molecule has 1 saturated heterocycles. The number of carbonyl (C=O) groups is 1. The normalized spacial score (nSPS) is 16.1. The molecular weight excluding hydrogens is 276 g/mol.